The summed E-state index contributed by atoms with van der Waals surface area (Å²) < 4.78 is 10.5. The molecule has 0 saturated carbocycles. The third-order valence-electron chi connectivity index (χ3n) is 3.06. The zero-order valence-corrected chi connectivity index (χ0v) is 12.6. The number of hydrogen-bond donors (Lipinski definition) is 1. The van der Waals surface area contributed by atoms with Crippen LogP contribution in [0.4, 0.5) is 5.69 Å². The Labute approximate surface area is 128 Å². The number of halogens is 1. The van der Waals surface area contributed by atoms with Crippen LogP contribution < -0.4 is 14.8 Å². The summed E-state index contributed by atoms with van der Waals surface area (Å²) in [4.78, 5) is 0. The Morgan fingerprint density at radius 2 is 1.95 bits per heavy atom. The van der Waals surface area contributed by atoms with Crippen molar-refractivity contribution in [3.63, 3.8) is 0 Å². The molecule has 2 aromatic rings. The van der Waals surface area contributed by atoms with Gasteiger partial charge in [-0.15, -0.1) is 0 Å². The average molecular weight is 303 g/mol. The predicted molar refractivity (Wildman–Crippen MR) is 83.0 cm³/mol. The zero-order chi connectivity index (χ0) is 15.2. The minimum absolute atomic E-state index is 0.444. The molecule has 2 rings (SSSR count). The molecule has 0 saturated heterocycles. The third-order valence-corrected chi connectivity index (χ3v) is 3.39. The van der Waals surface area contributed by atoms with Gasteiger partial charge in [0, 0.05) is 17.8 Å². The molecular formula is C16H15ClN2O2. The van der Waals surface area contributed by atoms with Gasteiger partial charge in [-0.1, -0.05) is 11.6 Å². The van der Waals surface area contributed by atoms with Gasteiger partial charge in [0.1, 0.15) is 17.6 Å². The molecule has 1 N–H and O–H groups in total. The molecule has 0 radical (unpaired) electrons. The maximum absolute atomic E-state index is 8.98. The third kappa shape index (κ3) is 3.59. The fourth-order valence-electron chi connectivity index (χ4n) is 1.94. The van der Waals surface area contributed by atoms with Gasteiger partial charge >= 0.3 is 0 Å². The van der Waals surface area contributed by atoms with E-state index in [1.165, 1.54) is 0 Å². The summed E-state index contributed by atoms with van der Waals surface area (Å²) in [6.45, 7) is 0.548. The number of nitrogens with one attached hydrogen (secondary N) is 1. The van der Waals surface area contributed by atoms with Crippen molar-refractivity contribution in [3.8, 4) is 17.6 Å². The first-order chi connectivity index (χ1) is 10.2. The molecule has 2 aromatic carbocycles. The molecule has 4 nitrogen and oxygen atoms in total. The minimum atomic E-state index is 0.444. The van der Waals surface area contributed by atoms with Crippen molar-refractivity contribution in [1.82, 2.24) is 0 Å². The zero-order valence-electron chi connectivity index (χ0n) is 11.8. The van der Waals surface area contributed by atoms with Crippen molar-refractivity contribution in [3.05, 3.63) is 52.5 Å². The van der Waals surface area contributed by atoms with Gasteiger partial charge in [-0.3, -0.25) is 0 Å². The number of ether oxygens (including phenoxy) is 2. The number of nitrogens with zero attached hydrogens (tertiary/aromatic N) is 1. The van der Waals surface area contributed by atoms with Crippen LogP contribution in [0.5, 0.6) is 11.5 Å². The molecule has 0 aliphatic heterocycles. The largest absolute Gasteiger partial charge is 0.497 e. The lowest BCUT2D eigenvalue weighted by Gasteiger charge is -2.12. The summed E-state index contributed by atoms with van der Waals surface area (Å²) in [7, 11) is 3.25. The second-order valence-corrected chi connectivity index (χ2v) is 4.74. The summed E-state index contributed by atoms with van der Waals surface area (Å²) in [6.07, 6.45) is 0. The second-order valence-electron chi connectivity index (χ2n) is 4.34. The molecular weight excluding hydrogens is 288 g/mol. The lowest BCUT2D eigenvalue weighted by Crippen LogP contribution is -2.02. The highest BCUT2D eigenvalue weighted by Crippen LogP contribution is 2.26. The van der Waals surface area contributed by atoms with E-state index in [0.29, 0.717) is 17.1 Å². The summed E-state index contributed by atoms with van der Waals surface area (Å²) in [5.74, 6) is 1.54. The van der Waals surface area contributed by atoms with Gasteiger partial charge in [-0.05, 0) is 36.4 Å². The maximum atomic E-state index is 8.98. The van der Waals surface area contributed by atoms with Crippen molar-refractivity contribution in [1.29, 1.82) is 5.26 Å². The molecule has 0 amide bonds. The summed E-state index contributed by atoms with van der Waals surface area (Å²) >= 11 is 5.91. The van der Waals surface area contributed by atoms with Gasteiger partial charge in [0.2, 0.25) is 0 Å². The predicted octanol–water partition coefficient (Wildman–Crippen LogP) is 3.84. The van der Waals surface area contributed by atoms with E-state index in [4.69, 9.17) is 26.3 Å². The number of rotatable bonds is 5. The lowest BCUT2D eigenvalue weighted by molar-refractivity contribution is 0.399. The number of hydrogen-bond acceptors (Lipinski definition) is 4. The molecule has 0 aromatic heterocycles. The van der Waals surface area contributed by atoms with Crippen LogP contribution in [-0.2, 0) is 6.54 Å². The number of methoxy groups -OCH3 is 2. The van der Waals surface area contributed by atoms with E-state index in [0.717, 1.165) is 22.7 Å². The van der Waals surface area contributed by atoms with E-state index >= 15 is 0 Å². The van der Waals surface area contributed by atoms with Gasteiger partial charge in [-0.2, -0.15) is 5.26 Å². The maximum Gasteiger partial charge on any atom is 0.124 e. The van der Waals surface area contributed by atoms with Crippen molar-refractivity contribution < 1.29 is 9.47 Å². The highest BCUT2D eigenvalue weighted by Gasteiger charge is 2.06. The van der Waals surface area contributed by atoms with E-state index < -0.39 is 0 Å². The van der Waals surface area contributed by atoms with Gasteiger partial charge in [0.25, 0.3) is 0 Å². The van der Waals surface area contributed by atoms with E-state index in [9.17, 15) is 0 Å². The average Bonchev–Trinajstić information content (AvgIpc) is 2.53. The van der Waals surface area contributed by atoms with Gasteiger partial charge in [0.15, 0.2) is 0 Å². The van der Waals surface area contributed by atoms with E-state index in [2.05, 4.69) is 11.4 Å². The SMILES string of the molecule is COc1ccc(OC)c(CNc2ccc(Cl)c(C#N)c2)c1. The normalized spacial score (nSPS) is 9.81. The van der Waals surface area contributed by atoms with Crippen LogP contribution in [0, 0.1) is 11.3 Å². The molecule has 5 heteroatoms. The van der Waals surface area contributed by atoms with Crippen molar-refractivity contribution in [2.75, 3.05) is 19.5 Å². The fraction of sp³-hybridized carbons (Fsp3) is 0.188. The summed E-state index contributed by atoms with van der Waals surface area (Å²) in [6, 6.07) is 12.9. The Morgan fingerprint density at radius 1 is 1.14 bits per heavy atom. The Balaban J connectivity index is 2.18. The Kier molecular flexibility index (Phi) is 4.91. The molecule has 0 atom stereocenters. The molecule has 0 bridgehead atoms. The standard InChI is InChI=1S/C16H15ClN2O2/c1-20-14-4-6-16(21-2)12(8-14)10-19-13-3-5-15(17)11(7-13)9-18/h3-8,19H,10H2,1-2H3. The van der Waals surface area contributed by atoms with Gasteiger partial charge in [0.05, 0.1) is 24.8 Å². The van der Waals surface area contributed by atoms with Crippen LogP contribution in [0.2, 0.25) is 5.02 Å². The fourth-order valence-corrected chi connectivity index (χ4v) is 2.10. The second kappa shape index (κ2) is 6.87. The summed E-state index contributed by atoms with van der Waals surface area (Å²) in [5, 5.41) is 12.7. The van der Waals surface area contributed by atoms with Crippen molar-refractivity contribution in [2.45, 2.75) is 6.54 Å². The van der Waals surface area contributed by atoms with Crippen LogP contribution in [0.1, 0.15) is 11.1 Å². The van der Waals surface area contributed by atoms with Crippen LogP contribution in [0.25, 0.3) is 0 Å². The topological polar surface area (TPSA) is 54.3 Å². The molecule has 0 aliphatic rings. The smallest absolute Gasteiger partial charge is 0.124 e. The number of benzene rings is 2. The molecule has 21 heavy (non-hydrogen) atoms. The van der Waals surface area contributed by atoms with Crippen molar-refractivity contribution in [2.24, 2.45) is 0 Å². The van der Waals surface area contributed by atoms with Crippen molar-refractivity contribution >= 4 is 17.3 Å². The summed E-state index contributed by atoms with van der Waals surface area (Å²) in [5.41, 5.74) is 2.23. The Morgan fingerprint density at radius 3 is 2.62 bits per heavy atom. The Hall–Kier alpha value is -2.38. The van der Waals surface area contributed by atoms with Crippen LogP contribution in [0.3, 0.4) is 0 Å². The number of nitriles is 1. The monoisotopic (exact) mass is 302 g/mol. The van der Waals surface area contributed by atoms with Crippen LogP contribution >= 0.6 is 11.6 Å². The van der Waals surface area contributed by atoms with Crippen LogP contribution in [0.15, 0.2) is 36.4 Å². The van der Waals surface area contributed by atoms with E-state index in [-0.39, 0.29) is 0 Å². The van der Waals surface area contributed by atoms with Crippen LogP contribution in [-0.4, -0.2) is 14.2 Å². The Bertz CT molecular complexity index is 680. The van der Waals surface area contributed by atoms with Gasteiger partial charge in [-0.25, -0.2) is 0 Å². The minimum Gasteiger partial charge on any atom is -0.497 e. The molecule has 0 fully saturated rings. The highest BCUT2D eigenvalue weighted by molar-refractivity contribution is 6.31. The molecule has 0 unspecified atom stereocenters. The molecule has 0 spiro atoms. The molecule has 0 aliphatic carbocycles. The lowest BCUT2D eigenvalue weighted by atomic mass is 10.1. The van der Waals surface area contributed by atoms with E-state index in [1.807, 2.05) is 24.3 Å². The highest BCUT2D eigenvalue weighted by atomic mass is 35.5. The molecule has 108 valence electrons. The first-order valence-corrected chi connectivity index (χ1v) is 6.70. The number of anilines is 1. The molecule has 0 heterocycles. The first-order valence-electron chi connectivity index (χ1n) is 6.32. The first kappa shape index (κ1) is 15.0. The van der Waals surface area contributed by atoms with Gasteiger partial charge < -0.3 is 14.8 Å². The van der Waals surface area contributed by atoms with E-state index in [1.54, 1.807) is 26.4 Å². The quantitative estimate of drug-likeness (QED) is 0.911.